The van der Waals surface area contributed by atoms with Crippen LogP contribution in [0.1, 0.15) is 0 Å². The Hall–Kier alpha value is -2.12. The molecule has 0 amide bonds. The molecule has 2 N–H and O–H groups in total. The van der Waals surface area contributed by atoms with Gasteiger partial charge in [-0.3, -0.25) is 4.68 Å². The van der Waals surface area contributed by atoms with Gasteiger partial charge in [-0.15, -0.1) is 5.10 Å². The van der Waals surface area contributed by atoms with Crippen molar-refractivity contribution >= 4 is 0 Å². The van der Waals surface area contributed by atoms with Gasteiger partial charge < -0.3 is 19.9 Å². The Morgan fingerprint density at radius 2 is 2.05 bits per heavy atom. The summed E-state index contributed by atoms with van der Waals surface area (Å²) in [6.07, 6.45) is 2.87. The van der Waals surface area contributed by atoms with Crippen LogP contribution in [0.15, 0.2) is 36.7 Å². The van der Waals surface area contributed by atoms with Crippen LogP contribution in [0.3, 0.4) is 0 Å². The fraction of sp³-hybridized carbons (Fsp3) is 0.429. The second kappa shape index (κ2) is 8.23. The van der Waals surface area contributed by atoms with Crippen molar-refractivity contribution in [1.29, 1.82) is 0 Å². The molecule has 1 aromatic heterocycles. The largest absolute Gasteiger partial charge is 0.497 e. The van der Waals surface area contributed by atoms with Gasteiger partial charge in [0.15, 0.2) is 0 Å². The summed E-state index contributed by atoms with van der Waals surface area (Å²) < 4.78 is 12.3. The number of hydrogen-bond donors (Lipinski definition) is 2. The summed E-state index contributed by atoms with van der Waals surface area (Å²) in [5, 5.41) is 20.5. The van der Waals surface area contributed by atoms with Crippen molar-refractivity contribution < 1.29 is 14.6 Å². The zero-order chi connectivity index (χ0) is 14.9. The number of methoxy groups -OCH3 is 1. The molecular formula is C14H20N4O3. The van der Waals surface area contributed by atoms with Gasteiger partial charge in [-0.05, 0) is 24.3 Å². The number of benzene rings is 1. The summed E-state index contributed by atoms with van der Waals surface area (Å²) >= 11 is 0. The smallest absolute Gasteiger partial charge is 0.119 e. The molecule has 0 bridgehead atoms. The van der Waals surface area contributed by atoms with Crippen molar-refractivity contribution in [3.63, 3.8) is 0 Å². The van der Waals surface area contributed by atoms with Gasteiger partial charge in [-0.2, -0.15) is 0 Å². The van der Waals surface area contributed by atoms with Crippen LogP contribution in [0.5, 0.6) is 11.5 Å². The SMILES string of the molecule is COc1ccc(OCC(O)CNCCn2ccnn2)cc1. The number of hydrogen-bond acceptors (Lipinski definition) is 6. The summed E-state index contributed by atoms with van der Waals surface area (Å²) in [4.78, 5) is 0. The predicted molar refractivity (Wildman–Crippen MR) is 77.4 cm³/mol. The van der Waals surface area contributed by atoms with E-state index in [1.165, 1.54) is 0 Å². The lowest BCUT2D eigenvalue weighted by atomic mass is 10.3. The Morgan fingerprint density at radius 1 is 1.29 bits per heavy atom. The zero-order valence-corrected chi connectivity index (χ0v) is 12.0. The number of rotatable bonds is 9. The Kier molecular flexibility index (Phi) is 5.99. The van der Waals surface area contributed by atoms with E-state index in [2.05, 4.69) is 15.6 Å². The van der Waals surface area contributed by atoms with Crippen LogP contribution in [0.4, 0.5) is 0 Å². The van der Waals surface area contributed by atoms with E-state index in [0.29, 0.717) is 25.4 Å². The lowest BCUT2D eigenvalue weighted by Crippen LogP contribution is -2.33. The van der Waals surface area contributed by atoms with E-state index in [0.717, 1.165) is 5.75 Å². The monoisotopic (exact) mass is 292 g/mol. The molecule has 0 fully saturated rings. The normalized spacial score (nSPS) is 12.1. The molecule has 2 rings (SSSR count). The molecule has 7 heteroatoms. The summed E-state index contributed by atoms with van der Waals surface area (Å²) in [6.45, 7) is 2.13. The van der Waals surface area contributed by atoms with Crippen LogP contribution in [-0.4, -0.2) is 53.0 Å². The molecule has 0 aliphatic heterocycles. The van der Waals surface area contributed by atoms with Crippen molar-refractivity contribution in [2.24, 2.45) is 0 Å². The molecule has 0 saturated heterocycles. The van der Waals surface area contributed by atoms with Crippen molar-refractivity contribution in [2.45, 2.75) is 12.6 Å². The number of aliphatic hydroxyl groups excluding tert-OH is 1. The molecule has 1 atom stereocenters. The number of nitrogens with zero attached hydrogens (tertiary/aromatic N) is 3. The average molecular weight is 292 g/mol. The van der Waals surface area contributed by atoms with Gasteiger partial charge in [0, 0.05) is 19.3 Å². The van der Waals surface area contributed by atoms with E-state index in [1.54, 1.807) is 24.2 Å². The molecule has 0 saturated carbocycles. The summed E-state index contributed by atoms with van der Waals surface area (Å²) in [5.74, 6) is 1.48. The minimum Gasteiger partial charge on any atom is -0.497 e. The second-order valence-corrected chi connectivity index (χ2v) is 4.51. The standard InChI is InChI=1S/C14H20N4O3/c1-20-13-2-4-14(5-3-13)21-11-12(19)10-15-6-8-18-9-7-16-17-18/h2-5,7,9,12,15,19H,6,8,10-11H2,1H3. The Balaban J connectivity index is 1.59. The quantitative estimate of drug-likeness (QED) is 0.648. The molecule has 0 aliphatic carbocycles. The third-order valence-corrected chi connectivity index (χ3v) is 2.87. The van der Waals surface area contributed by atoms with Gasteiger partial charge in [-0.1, -0.05) is 5.21 Å². The first-order valence-corrected chi connectivity index (χ1v) is 6.77. The Labute approximate surface area is 123 Å². The highest BCUT2D eigenvalue weighted by Gasteiger charge is 2.05. The molecule has 1 heterocycles. The van der Waals surface area contributed by atoms with E-state index in [4.69, 9.17) is 9.47 Å². The van der Waals surface area contributed by atoms with Gasteiger partial charge in [0.05, 0.1) is 19.9 Å². The highest BCUT2D eigenvalue weighted by Crippen LogP contribution is 2.16. The van der Waals surface area contributed by atoms with Crippen LogP contribution < -0.4 is 14.8 Å². The molecule has 21 heavy (non-hydrogen) atoms. The first kappa shape index (κ1) is 15.3. The molecule has 114 valence electrons. The minimum atomic E-state index is -0.567. The van der Waals surface area contributed by atoms with Gasteiger partial charge in [-0.25, -0.2) is 0 Å². The molecule has 0 spiro atoms. The highest BCUT2D eigenvalue weighted by atomic mass is 16.5. The van der Waals surface area contributed by atoms with Crippen LogP contribution in [-0.2, 0) is 6.54 Å². The fourth-order valence-electron chi connectivity index (χ4n) is 1.74. The molecule has 0 radical (unpaired) electrons. The molecule has 2 aromatic rings. The van der Waals surface area contributed by atoms with Gasteiger partial charge >= 0.3 is 0 Å². The molecule has 1 aromatic carbocycles. The van der Waals surface area contributed by atoms with E-state index in [9.17, 15) is 5.11 Å². The molecular weight excluding hydrogens is 272 g/mol. The third kappa shape index (κ3) is 5.41. The maximum Gasteiger partial charge on any atom is 0.119 e. The maximum absolute atomic E-state index is 9.82. The lowest BCUT2D eigenvalue weighted by Gasteiger charge is -2.13. The summed E-state index contributed by atoms with van der Waals surface area (Å²) in [6, 6.07) is 7.25. The van der Waals surface area contributed by atoms with Gasteiger partial charge in [0.2, 0.25) is 0 Å². The third-order valence-electron chi connectivity index (χ3n) is 2.87. The van der Waals surface area contributed by atoms with E-state index < -0.39 is 6.10 Å². The van der Waals surface area contributed by atoms with Gasteiger partial charge in [0.1, 0.15) is 24.2 Å². The summed E-state index contributed by atoms with van der Waals surface area (Å²) in [7, 11) is 1.62. The van der Waals surface area contributed by atoms with Crippen molar-refractivity contribution in [2.75, 3.05) is 26.8 Å². The zero-order valence-electron chi connectivity index (χ0n) is 12.0. The lowest BCUT2D eigenvalue weighted by molar-refractivity contribution is 0.106. The second-order valence-electron chi connectivity index (χ2n) is 4.51. The van der Waals surface area contributed by atoms with Crippen LogP contribution >= 0.6 is 0 Å². The number of nitrogens with one attached hydrogen (secondary N) is 1. The maximum atomic E-state index is 9.82. The van der Waals surface area contributed by atoms with Crippen molar-refractivity contribution in [1.82, 2.24) is 20.3 Å². The molecule has 0 aliphatic rings. The van der Waals surface area contributed by atoms with Crippen molar-refractivity contribution in [3.05, 3.63) is 36.7 Å². The number of aliphatic hydroxyl groups is 1. The first-order valence-electron chi connectivity index (χ1n) is 6.77. The van der Waals surface area contributed by atoms with Gasteiger partial charge in [0.25, 0.3) is 0 Å². The topological polar surface area (TPSA) is 81.4 Å². The average Bonchev–Trinajstić information content (AvgIpc) is 3.03. The van der Waals surface area contributed by atoms with Crippen LogP contribution in [0.25, 0.3) is 0 Å². The van der Waals surface area contributed by atoms with E-state index >= 15 is 0 Å². The number of aromatic nitrogens is 3. The molecule has 7 nitrogen and oxygen atoms in total. The predicted octanol–water partition coefficient (Wildman–Crippen LogP) is 0.316. The van der Waals surface area contributed by atoms with Crippen LogP contribution in [0, 0.1) is 0 Å². The number of ether oxygens (including phenoxy) is 2. The summed E-state index contributed by atoms with van der Waals surface area (Å²) in [5.41, 5.74) is 0. The Bertz CT molecular complexity index is 501. The van der Waals surface area contributed by atoms with Crippen molar-refractivity contribution in [3.8, 4) is 11.5 Å². The molecule has 1 unspecified atom stereocenters. The van der Waals surface area contributed by atoms with Crippen LogP contribution in [0.2, 0.25) is 0 Å². The first-order chi connectivity index (χ1) is 10.3. The highest BCUT2D eigenvalue weighted by molar-refractivity contribution is 5.31. The Morgan fingerprint density at radius 3 is 2.71 bits per heavy atom. The van der Waals surface area contributed by atoms with E-state index in [1.807, 2.05) is 24.3 Å². The fourth-order valence-corrected chi connectivity index (χ4v) is 1.74. The minimum absolute atomic E-state index is 0.239. The van der Waals surface area contributed by atoms with E-state index in [-0.39, 0.29) is 6.61 Å².